The average molecular weight is 425 g/mol. The lowest BCUT2D eigenvalue weighted by Gasteiger charge is -2.26. The number of hydrogen-bond donors (Lipinski definition) is 1. The summed E-state index contributed by atoms with van der Waals surface area (Å²) in [4.78, 5) is 27.2. The molecule has 1 N–H and O–H groups in total. The molecule has 3 rings (SSSR count). The number of benzene rings is 2. The minimum Gasteiger partial charge on any atom is -0.326 e. The van der Waals surface area contributed by atoms with E-state index >= 15 is 0 Å². The molecule has 2 amide bonds. The molecule has 1 aliphatic heterocycles. The van der Waals surface area contributed by atoms with E-state index in [4.69, 9.17) is 0 Å². The molecule has 1 heterocycles. The number of anilines is 2. The molecular weight excluding hydrogens is 392 g/mol. The molecule has 0 unspecified atom stereocenters. The maximum Gasteiger partial charge on any atom is 0.238 e. The van der Waals surface area contributed by atoms with Gasteiger partial charge in [0.2, 0.25) is 11.8 Å². The number of para-hydroxylation sites is 1. The Balaban J connectivity index is 1.75. The third kappa shape index (κ3) is 5.07. The Morgan fingerprint density at radius 2 is 1.87 bits per heavy atom. The third-order valence-electron chi connectivity index (χ3n) is 5.73. The molecule has 1 aliphatic rings. The number of hydrogen-bond acceptors (Lipinski definition) is 3. The van der Waals surface area contributed by atoms with Crippen molar-refractivity contribution >= 4 is 35.0 Å². The van der Waals surface area contributed by atoms with E-state index in [9.17, 15) is 9.59 Å². The molecule has 1 fully saturated rings. The maximum absolute atomic E-state index is 12.7. The van der Waals surface area contributed by atoms with Gasteiger partial charge in [0.25, 0.3) is 0 Å². The zero-order chi connectivity index (χ0) is 21.5. The molecule has 0 saturated carbocycles. The predicted molar refractivity (Wildman–Crippen MR) is 127 cm³/mol. The van der Waals surface area contributed by atoms with Crippen LogP contribution < -0.4 is 10.2 Å². The summed E-state index contributed by atoms with van der Waals surface area (Å²) in [5, 5.41) is 3.02. The number of unbranched alkanes of at least 4 members (excludes halogenated alkanes) is 1. The number of thioether (sulfide) groups is 1. The highest BCUT2D eigenvalue weighted by molar-refractivity contribution is 8.00. The third-order valence-corrected chi connectivity index (χ3v) is 6.95. The first-order valence-electron chi connectivity index (χ1n) is 11.0. The Hall–Kier alpha value is -2.27. The minimum absolute atomic E-state index is 0.0390. The van der Waals surface area contributed by atoms with E-state index < -0.39 is 0 Å². The fourth-order valence-corrected chi connectivity index (χ4v) is 5.09. The average Bonchev–Trinajstić information content (AvgIpc) is 3.16. The molecule has 5 heteroatoms. The van der Waals surface area contributed by atoms with Crippen molar-refractivity contribution in [2.75, 3.05) is 16.0 Å². The van der Waals surface area contributed by atoms with Crippen LogP contribution in [0.1, 0.15) is 63.0 Å². The largest absolute Gasteiger partial charge is 0.326 e. The van der Waals surface area contributed by atoms with Crippen LogP contribution in [0.2, 0.25) is 0 Å². The molecule has 0 bridgehead atoms. The van der Waals surface area contributed by atoms with E-state index in [0.717, 1.165) is 49.0 Å². The molecule has 2 aromatic rings. The fourth-order valence-electron chi connectivity index (χ4n) is 3.92. The van der Waals surface area contributed by atoms with Gasteiger partial charge in [-0.25, -0.2) is 0 Å². The van der Waals surface area contributed by atoms with Crippen LogP contribution >= 0.6 is 11.8 Å². The fraction of sp³-hybridized carbons (Fsp3) is 0.440. The number of nitrogens with one attached hydrogen (secondary N) is 1. The summed E-state index contributed by atoms with van der Waals surface area (Å²) in [5.41, 5.74) is 4.07. The van der Waals surface area contributed by atoms with Gasteiger partial charge in [0.05, 0.1) is 5.75 Å². The lowest BCUT2D eigenvalue weighted by molar-refractivity contribution is -0.120. The Kier molecular flexibility index (Phi) is 7.97. The summed E-state index contributed by atoms with van der Waals surface area (Å²) in [6, 6.07) is 16.1. The number of nitrogens with zero attached hydrogens (tertiary/aromatic N) is 1. The van der Waals surface area contributed by atoms with Gasteiger partial charge in [-0.05, 0) is 48.6 Å². The van der Waals surface area contributed by atoms with E-state index in [0.29, 0.717) is 5.75 Å². The molecule has 30 heavy (non-hydrogen) atoms. The van der Waals surface area contributed by atoms with E-state index in [1.54, 1.807) is 11.8 Å². The van der Waals surface area contributed by atoms with Crippen LogP contribution in [0.15, 0.2) is 48.5 Å². The molecular formula is C25H32N2O2S. The summed E-state index contributed by atoms with van der Waals surface area (Å²) in [7, 11) is 0. The van der Waals surface area contributed by atoms with Gasteiger partial charge in [-0.15, -0.1) is 11.8 Å². The Bertz CT molecular complexity index is 866. The first-order valence-corrected chi connectivity index (χ1v) is 12.1. The van der Waals surface area contributed by atoms with E-state index in [2.05, 4.69) is 32.2 Å². The monoisotopic (exact) mass is 424 g/mol. The van der Waals surface area contributed by atoms with Crippen molar-refractivity contribution in [1.29, 1.82) is 0 Å². The quantitative estimate of drug-likeness (QED) is 0.523. The molecule has 4 nitrogen and oxygen atoms in total. The van der Waals surface area contributed by atoms with E-state index in [1.807, 2.05) is 47.4 Å². The van der Waals surface area contributed by atoms with Gasteiger partial charge in [-0.2, -0.15) is 0 Å². The second-order valence-corrected chi connectivity index (χ2v) is 8.84. The van der Waals surface area contributed by atoms with Gasteiger partial charge < -0.3 is 5.32 Å². The number of rotatable bonds is 9. The van der Waals surface area contributed by atoms with Crippen LogP contribution in [0.3, 0.4) is 0 Å². The lowest BCUT2D eigenvalue weighted by atomic mass is 9.98. The first kappa shape index (κ1) is 22.4. The Morgan fingerprint density at radius 1 is 1.13 bits per heavy atom. The van der Waals surface area contributed by atoms with Crippen molar-refractivity contribution in [3.63, 3.8) is 0 Å². The summed E-state index contributed by atoms with van der Waals surface area (Å²) in [6.07, 6.45) is 4.86. The summed E-state index contributed by atoms with van der Waals surface area (Å²) < 4.78 is 0. The van der Waals surface area contributed by atoms with Gasteiger partial charge in [0.15, 0.2) is 0 Å². The van der Waals surface area contributed by atoms with Crippen LogP contribution in [0.4, 0.5) is 11.4 Å². The number of carbonyl (C=O) groups excluding carboxylic acids is 2. The second kappa shape index (κ2) is 10.7. The van der Waals surface area contributed by atoms with Crippen LogP contribution in [-0.2, 0) is 16.0 Å². The summed E-state index contributed by atoms with van der Waals surface area (Å²) in [6.45, 7) is 6.33. The maximum atomic E-state index is 12.7. The molecule has 0 aliphatic carbocycles. The van der Waals surface area contributed by atoms with Crippen LogP contribution in [0.25, 0.3) is 0 Å². The van der Waals surface area contributed by atoms with Gasteiger partial charge in [0, 0.05) is 17.3 Å². The van der Waals surface area contributed by atoms with Crippen molar-refractivity contribution < 1.29 is 9.59 Å². The van der Waals surface area contributed by atoms with E-state index in [1.165, 1.54) is 5.56 Å². The van der Waals surface area contributed by atoms with Crippen molar-refractivity contribution in [2.24, 2.45) is 5.92 Å². The zero-order valence-corrected chi connectivity index (χ0v) is 19.0. The van der Waals surface area contributed by atoms with Crippen LogP contribution in [0, 0.1) is 5.92 Å². The number of carbonyl (C=O) groups is 2. The second-order valence-electron chi connectivity index (χ2n) is 7.77. The molecule has 0 spiro atoms. The first-order chi connectivity index (χ1) is 14.6. The van der Waals surface area contributed by atoms with Crippen molar-refractivity contribution in [1.82, 2.24) is 0 Å². The normalized spacial score (nSPS) is 17.2. The van der Waals surface area contributed by atoms with Crippen molar-refractivity contribution in [2.45, 2.75) is 58.2 Å². The van der Waals surface area contributed by atoms with Gasteiger partial charge in [0.1, 0.15) is 5.37 Å². The van der Waals surface area contributed by atoms with Gasteiger partial charge in [-0.1, -0.05) is 63.9 Å². The van der Waals surface area contributed by atoms with Crippen LogP contribution in [0.5, 0.6) is 0 Å². The predicted octanol–water partition coefficient (Wildman–Crippen LogP) is 6.18. The van der Waals surface area contributed by atoms with Gasteiger partial charge >= 0.3 is 0 Å². The van der Waals surface area contributed by atoms with Gasteiger partial charge in [-0.3, -0.25) is 14.5 Å². The zero-order valence-electron chi connectivity index (χ0n) is 18.2. The number of amides is 2. The number of aryl methyl sites for hydroxylation is 1. The molecule has 1 saturated heterocycles. The highest BCUT2D eigenvalue weighted by Crippen LogP contribution is 2.43. The smallest absolute Gasteiger partial charge is 0.238 e. The van der Waals surface area contributed by atoms with Crippen molar-refractivity contribution in [3.05, 3.63) is 59.7 Å². The highest BCUT2D eigenvalue weighted by atomic mass is 32.2. The van der Waals surface area contributed by atoms with Crippen LogP contribution in [-0.4, -0.2) is 17.6 Å². The lowest BCUT2D eigenvalue weighted by Crippen LogP contribution is -2.28. The Labute approximate surface area is 184 Å². The standard InChI is InChI=1S/C25H32N2O2S/c1-4-7-10-19(6-3)24(29)26-21-15-13-20(14-16-21)25-27(23(28)17-30-25)22-12-9-8-11-18(22)5-2/h8-9,11-16,19,25H,4-7,10,17H2,1-3H3,(H,26,29)/t19-,25+/m0/s1. The topological polar surface area (TPSA) is 49.4 Å². The minimum atomic E-state index is -0.0390. The molecule has 0 aromatic heterocycles. The summed E-state index contributed by atoms with van der Waals surface area (Å²) in [5.74, 6) is 0.790. The van der Waals surface area contributed by atoms with E-state index in [-0.39, 0.29) is 23.1 Å². The highest BCUT2D eigenvalue weighted by Gasteiger charge is 2.34. The molecule has 160 valence electrons. The Morgan fingerprint density at radius 3 is 2.53 bits per heavy atom. The molecule has 2 atom stereocenters. The SMILES string of the molecule is CCCC[C@H](CC)C(=O)Nc1ccc([C@H]2SCC(=O)N2c2ccccc2CC)cc1. The molecule has 0 radical (unpaired) electrons. The molecule has 2 aromatic carbocycles. The van der Waals surface area contributed by atoms with Crippen molar-refractivity contribution in [3.8, 4) is 0 Å². The summed E-state index contributed by atoms with van der Waals surface area (Å²) >= 11 is 1.65.